The third-order valence-corrected chi connectivity index (χ3v) is 5.25. The molecule has 2 rings (SSSR count). The summed E-state index contributed by atoms with van der Waals surface area (Å²) in [5, 5.41) is 3.72. The van der Waals surface area contributed by atoms with Crippen LogP contribution >= 0.6 is 11.8 Å². The molecule has 1 saturated carbocycles. The molecule has 1 N–H and O–H groups in total. The van der Waals surface area contributed by atoms with Crippen molar-refractivity contribution in [3.8, 4) is 0 Å². The molecule has 3 heteroatoms. The molecule has 0 unspecified atom stereocenters. The summed E-state index contributed by atoms with van der Waals surface area (Å²) < 4.78 is 0. The third-order valence-electron chi connectivity index (χ3n) is 3.88. The number of benzene rings is 1. The molecule has 0 atom stereocenters. The molecule has 1 fully saturated rings. The summed E-state index contributed by atoms with van der Waals surface area (Å²) in [5.74, 6) is 0.710. The van der Waals surface area contributed by atoms with Gasteiger partial charge in [-0.25, -0.2) is 0 Å². The van der Waals surface area contributed by atoms with E-state index in [4.69, 9.17) is 0 Å². The Morgan fingerprint density at radius 1 is 1.26 bits per heavy atom. The molecule has 0 aliphatic heterocycles. The summed E-state index contributed by atoms with van der Waals surface area (Å²) in [6, 6.07) is 6.04. The zero-order chi connectivity index (χ0) is 13.7. The molecule has 1 aromatic carbocycles. The highest BCUT2D eigenvalue weighted by Gasteiger charge is 2.15. The van der Waals surface area contributed by atoms with Gasteiger partial charge in [0, 0.05) is 10.9 Å². The SMILES string of the molecule is Cc1cccc(NC(=O)CSC2CCCCC2)c1C. The van der Waals surface area contributed by atoms with Crippen LogP contribution in [0.2, 0.25) is 0 Å². The molecule has 0 bridgehead atoms. The zero-order valence-electron chi connectivity index (χ0n) is 11.9. The minimum absolute atomic E-state index is 0.129. The number of aryl methyl sites for hydroxylation is 1. The van der Waals surface area contributed by atoms with Crippen LogP contribution in [0.25, 0.3) is 0 Å². The fraction of sp³-hybridized carbons (Fsp3) is 0.562. The number of hydrogen-bond donors (Lipinski definition) is 1. The zero-order valence-corrected chi connectivity index (χ0v) is 12.7. The van der Waals surface area contributed by atoms with E-state index in [2.05, 4.69) is 25.2 Å². The quantitative estimate of drug-likeness (QED) is 0.888. The Balaban J connectivity index is 1.82. The molecule has 0 aromatic heterocycles. The Morgan fingerprint density at radius 3 is 2.74 bits per heavy atom. The van der Waals surface area contributed by atoms with E-state index >= 15 is 0 Å². The van der Waals surface area contributed by atoms with Gasteiger partial charge in [0.15, 0.2) is 0 Å². The van der Waals surface area contributed by atoms with Crippen molar-refractivity contribution < 1.29 is 4.79 Å². The Bertz CT molecular complexity index is 438. The van der Waals surface area contributed by atoms with Crippen molar-refractivity contribution in [2.24, 2.45) is 0 Å². The molecule has 2 nitrogen and oxygen atoms in total. The summed E-state index contributed by atoms with van der Waals surface area (Å²) in [5.41, 5.74) is 3.34. The maximum Gasteiger partial charge on any atom is 0.234 e. The van der Waals surface area contributed by atoms with E-state index in [-0.39, 0.29) is 5.91 Å². The van der Waals surface area contributed by atoms with Crippen molar-refractivity contribution in [3.05, 3.63) is 29.3 Å². The van der Waals surface area contributed by atoms with E-state index in [9.17, 15) is 4.79 Å². The normalized spacial score (nSPS) is 16.3. The Labute approximate surface area is 120 Å². The van der Waals surface area contributed by atoms with E-state index < -0.39 is 0 Å². The van der Waals surface area contributed by atoms with Crippen LogP contribution in [0.5, 0.6) is 0 Å². The molecule has 0 heterocycles. The summed E-state index contributed by atoms with van der Waals surface area (Å²) in [6.07, 6.45) is 6.58. The van der Waals surface area contributed by atoms with Crippen LogP contribution in [-0.4, -0.2) is 16.9 Å². The van der Waals surface area contributed by atoms with Crippen LogP contribution in [0.1, 0.15) is 43.2 Å². The lowest BCUT2D eigenvalue weighted by Crippen LogP contribution is -2.18. The van der Waals surface area contributed by atoms with Crippen molar-refractivity contribution in [2.75, 3.05) is 11.1 Å². The second kappa shape index (κ2) is 6.99. The molecule has 0 spiro atoms. The summed E-state index contributed by atoms with van der Waals surface area (Å²) in [6.45, 7) is 4.13. The number of nitrogens with one attached hydrogen (secondary N) is 1. The van der Waals surface area contributed by atoms with Crippen LogP contribution in [-0.2, 0) is 4.79 Å². The second-order valence-electron chi connectivity index (χ2n) is 5.37. The van der Waals surface area contributed by atoms with Gasteiger partial charge in [0.25, 0.3) is 0 Å². The molecule has 0 radical (unpaired) electrons. The topological polar surface area (TPSA) is 29.1 Å². The van der Waals surface area contributed by atoms with Gasteiger partial charge in [0.1, 0.15) is 0 Å². The number of thioether (sulfide) groups is 1. The standard InChI is InChI=1S/C16H23NOS/c1-12-7-6-10-15(13(12)2)17-16(18)11-19-14-8-4-3-5-9-14/h6-7,10,14H,3-5,8-9,11H2,1-2H3,(H,17,18). The highest BCUT2D eigenvalue weighted by Crippen LogP contribution is 2.28. The largest absolute Gasteiger partial charge is 0.325 e. The smallest absolute Gasteiger partial charge is 0.234 e. The minimum Gasteiger partial charge on any atom is -0.325 e. The first-order chi connectivity index (χ1) is 9.16. The average molecular weight is 277 g/mol. The van der Waals surface area contributed by atoms with Crippen LogP contribution in [0.3, 0.4) is 0 Å². The lowest BCUT2D eigenvalue weighted by Gasteiger charge is -2.20. The second-order valence-corrected chi connectivity index (χ2v) is 6.66. The average Bonchev–Trinajstić information content (AvgIpc) is 2.43. The molecular formula is C16H23NOS. The first-order valence-electron chi connectivity index (χ1n) is 7.14. The van der Waals surface area contributed by atoms with E-state index in [0.717, 1.165) is 5.69 Å². The number of carbonyl (C=O) groups excluding carboxylic acids is 1. The van der Waals surface area contributed by atoms with Gasteiger partial charge in [-0.2, -0.15) is 0 Å². The van der Waals surface area contributed by atoms with Gasteiger partial charge in [-0.3, -0.25) is 4.79 Å². The van der Waals surface area contributed by atoms with Crippen molar-refractivity contribution in [3.63, 3.8) is 0 Å². The fourth-order valence-corrected chi connectivity index (χ4v) is 3.62. The minimum atomic E-state index is 0.129. The Kier molecular flexibility index (Phi) is 5.32. The third kappa shape index (κ3) is 4.27. The first kappa shape index (κ1) is 14.4. The number of rotatable bonds is 4. The van der Waals surface area contributed by atoms with Crippen molar-refractivity contribution in [1.82, 2.24) is 0 Å². The maximum absolute atomic E-state index is 12.0. The lowest BCUT2D eigenvalue weighted by atomic mass is 10.0. The number of amides is 1. The van der Waals surface area contributed by atoms with Gasteiger partial charge in [-0.1, -0.05) is 31.4 Å². The van der Waals surface area contributed by atoms with Gasteiger partial charge < -0.3 is 5.32 Å². The fourth-order valence-electron chi connectivity index (χ4n) is 2.50. The molecule has 1 amide bonds. The van der Waals surface area contributed by atoms with Gasteiger partial charge in [-0.05, 0) is 43.9 Å². The Morgan fingerprint density at radius 2 is 2.00 bits per heavy atom. The van der Waals surface area contributed by atoms with E-state index in [1.165, 1.54) is 43.2 Å². The summed E-state index contributed by atoms with van der Waals surface area (Å²) in [4.78, 5) is 12.0. The van der Waals surface area contributed by atoms with Gasteiger partial charge in [-0.15, -0.1) is 11.8 Å². The molecule has 104 valence electrons. The van der Waals surface area contributed by atoms with Gasteiger partial charge in [0.2, 0.25) is 5.91 Å². The number of anilines is 1. The first-order valence-corrected chi connectivity index (χ1v) is 8.19. The predicted molar refractivity (Wildman–Crippen MR) is 83.9 cm³/mol. The van der Waals surface area contributed by atoms with E-state index in [1.807, 2.05) is 23.9 Å². The summed E-state index contributed by atoms with van der Waals surface area (Å²) in [7, 11) is 0. The van der Waals surface area contributed by atoms with Crippen molar-refractivity contribution in [1.29, 1.82) is 0 Å². The number of hydrogen-bond acceptors (Lipinski definition) is 2. The highest BCUT2D eigenvalue weighted by atomic mass is 32.2. The van der Waals surface area contributed by atoms with Gasteiger partial charge >= 0.3 is 0 Å². The predicted octanol–water partition coefficient (Wildman–Crippen LogP) is 4.31. The van der Waals surface area contributed by atoms with Crippen LogP contribution in [0.4, 0.5) is 5.69 Å². The molecule has 1 aliphatic rings. The van der Waals surface area contributed by atoms with E-state index in [1.54, 1.807) is 0 Å². The Hall–Kier alpha value is -0.960. The summed E-state index contributed by atoms with van der Waals surface area (Å²) >= 11 is 1.82. The van der Waals surface area contributed by atoms with Crippen molar-refractivity contribution in [2.45, 2.75) is 51.2 Å². The molecule has 19 heavy (non-hydrogen) atoms. The monoisotopic (exact) mass is 277 g/mol. The van der Waals surface area contributed by atoms with Crippen molar-refractivity contribution >= 4 is 23.4 Å². The molecule has 0 saturated heterocycles. The maximum atomic E-state index is 12.0. The number of carbonyl (C=O) groups is 1. The molecule has 1 aliphatic carbocycles. The van der Waals surface area contributed by atoms with Gasteiger partial charge in [0.05, 0.1) is 5.75 Å². The lowest BCUT2D eigenvalue weighted by molar-refractivity contribution is -0.113. The van der Waals surface area contributed by atoms with Crippen LogP contribution in [0.15, 0.2) is 18.2 Å². The van der Waals surface area contributed by atoms with Crippen LogP contribution in [0, 0.1) is 13.8 Å². The van der Waals surface area contributed by atoms with E-state index in [0.29, 0.717) is 11.0 Å². The molecular weight excluding hydrogens is 254 g/mol. The molecule has 1 aromatic rings. The van der Waals surface area contributed by atoms with Crippen LogP contribution < -0.4 is 5.32 Å². The highest BCUT2D eigenvalue weighted by molar-refractivity contribution is 8.00.